The van der Waals surface area contributed by atoms with Crippen LogP contribution in [0.3, 0.4) is 0 Å². The topological polar surface area (TPSA) is 75.3 Å². The number of benzene rings is 2. The maximum Gasteiger partial charge on any atom is 0.242 e. The van der Waals surface area contributed by atoms with Gasteiger partial charge in [-0.05, 0) is 44.0 Å². The van der Waals surface area contributed by atoms with E-state index in [1.54, 1.807) is 18.2 Å². The molecule has 0 spiro atoms. The third-order valence-corrected chi connectivity index (χ3v) is 5.06. The van der Waals surface area contributed by atoms with E-state index in [1.807, 2.05) is 32.0 Å². The lowest BCUT2D eigenvalue weighted by molar-refractivity contribution is -0.117. The van der Waals surface area contributed by atoms with Gasteiger partial charge >= 0.3 is 0 Å². The maximum absolute atomic E-state index is 12.3. The molecule has 23 heavy (non-hydrogen) atoms. The monoisotopic (exact) mass is 332 g/mol. The Morgan fingerprint density at radius 3 is 2.09 bits per heavy atom. The first-order valence-electron chi connectivity index (χ1n) is 7.26. The fraction of sp³-hybridized carbons (Fsp3) is 0.235. The maximum atomic E-state index is 12.3. The van der Waals surface area contributed by atoms with Crippen LogP contribution in [-0.4, -0.2) is 20.4 Å². The van der Waals surface area contributed by atoms with Gasteiger partial charge < -0.3 is 5.32 Å². The Labute approximate surface area is 136 Å². The zero-order valence-electron chi connectivity index (χ0n) is 13.3. The summed E-state index contributed by atoms with van der Waals surface area (Å²) in [5.74, 6) is -0.401. The number of hydrogen-bond donors (Lipinski definition) is 2. The van der Waals surface area contributed by atoms with Gasteiger partial charge in [-0.1, -0.05) is 36.4 Å². The Morgan fingerprint density at radius 1 is 0.957 bits per heavy atom. The molecule has 0 fully saturated rings. The second-order valence-electron chi connectivity index (χ2n) is 5.41. The number of carbonyl (C=O) groups is 1. The number of nitrogens with one attached hydrogen (secondary N) is 2. The van der Waals surface area contributed by atoms with E-state index in [1.165, 1.54) is 19.1 Å². The number of aryl methyl sites for hydroxylation is 2. The molecule has 0 aliphatic carbocycles. The SMILES string of the molecule is Cc1cccc(C)c1NC(=O)C(C)NS(=O)(=O)c1ccccc1. The third-order valence-electron chi connectivity index (χ3n) is 3.51. The minimum absolute atomic E-state index is 0.131. The molecule has 122 valence electrons. The minimum Gasteiger partial charge on any atom is -0.324 e. The number of amides is 1. The molecule has 0 bridgehead atoms. The highest BCUT2D eigenvalue weighted by Crippen LogP contribution is 2.19. The summed E-state index contributed by atoms with van der Waals surface area (Å²) < 4.78 is 26.9. The molecular weight excluding hydrogens is 312 g/mol. The van der Waals surface area contributed by atoms with E-state index in [9.17, 15) is 13.2 Å². The van der Waals surface area contributed by atoms with Gasteiger partial charge in [0.1, 0.15) is 0 Å². The average Bonchev–Trinajstić information content (AvgIpc) is 2.51. The molecule has 1 unspecified atom stereocenters. The first kappa shape index (κ1) is 17.2. The van der Waals surface area contributed by atoms with Crippen LogP contribution in [0.2, 0.25) is 0 Å². The summed E-state index contributed by atoms with van der Waals surface area (Å²) in [5, 5.41) is 2.79. The first-order chi connectivity index (χ1) is 10.8. The van der Waals surface area contributed by atoms with E-state index in [2.05, 4.69) is 10.0 Å². The van der Waals surface area contributed by atoms with Crippen molar-refractivity contribution in [2.75, 3.05) is 5.32 Å². The molecule has 0 aromatic heterocycles. The van der Waals surface area contributed by atoms with Crippen LogP contribution in [0, 0.1) is 13.8 Å². The molecule has 1 atom stereocenters. The summed E-state index contributed by atoms with van der Waals surface area (Å²) in [4.78, 5) is 12.4. The molecule has 5 nitrogen and oxygen atoms in total. The third kappa shape index (κ3) is 4.18. The van der Waals surface area contributed by atoms with Gasteiger partial charge in [-0.25, -0.2) is 8.42 Å². The van der Waals surface area contributed by atoms with Crippen molar-refractivity contribution < 1.29 is 13.2 Å². The van der Waals surface area contributed by atoms with Crippen LogP contribution in [0.25, 0.3) is 0 Å². The zero-order chi connectivity index (χ0) is 17.0. The molecule has 0 aliphatic heterocycles. The summed E-state index contributed by atoms with van der Waals surface area (Å²) in [6.45, 7) is 5.30. The number of anilines is 1. The van der Waals surface area contributed by atoms with Crippen molar-refractivity contribution in [3.63, 3.8) is 0 Å². The second-order valence-corrected chi connectivity index (χ2v) is 7.13. The predicted octanol–water partition coefficient (Wildman–Crippen LogP) is 2.61. The normalized spacial score (nSPS) is 12.7. The van der Waals surface area contributed by atoms with Gasteiger partial charge in [0.05, 0.1) is 10.9 Å². The Kier molecular flexibility index (Phi) is 5.18. The van der Waals surface area contributed by atoms with E-state index in [0.717, 1.165) is 11.1 Å². The number of rotatable bonds is 5. The zero-order valence-corrected chi connectivity index (χ0v) is 14.1. The summed E-state index contributed by atoms with van der Waals surface area (Å²) in [6, 6.07) is 12.8. The van der Waals surface area contributed by atoms with Crippen molar-refractivity contribution in [3.05, 3.63) is 59.7 Å². The summed E-state index contributed by atoms with van der Waals surface area (Å²) in [7, 11) is -3.73. The lowest BCUT2D eigenvalue weighted by Gasteiger charge is -2.17. The molecule has 0 heterocycles. The van der Waals surface area contributed by atoms with Crippen molar-refractivity contribution in [2.24, 2.45) is 0 Å². The molecule has 2 N–H and O–H groups in total. The number of carbonyl (C=O) groups excluding carboxylic acids is 1. The largest absolute Gasteiger partial charge is 0.324 e. The van der Waals surface area contributed by atoms with Crippen molar-refractivity contribution in [3.8, 4) is 0 Å². The first-order valence-corrected chi connectivity index (χ1v) is 8.74. The van der Waals surface area contributed by atoms with Crippen LogP contribution in [0.1, 0.15) is 18.1 Å². The van der Waals surface area contributed by atoms with Gasteiger partial charge in [-0.2, -0.15) is 4.72 Å². The van der Waals surface area contributed by atoms with Gasteiger partial charge in [0.2, 0.25) is 15.9 Å². The van der Waals surface area contributed by atoms with Crippen molar-refractivity contribution in [2.45, 2.75) is 31.7 Å². The lowest BCUT2D eigenvalue weighted by Crippen LogP contribution is -2.41. The number of sulfonamides is 1. The highest BCUT2D eigenvalue weighted by molar-refractivity contribution is 7.89. The van der Waals surface area contributed by atoms with Crippen LogP contribution in [0.15, 0.2) is 53.4 Å². The van der Waals surface area contributed by atoms with E-state index < -0.39 is 22.0 Å². The molecule has 0 radical (unpaired) electrons. The molecule has 2 aromatic rings. The minimum atomic E-state index is -3.73. The van der Waals surface area contributed by atoms with Gasteiger partial charge in [0.15, 0.2) is 0 Å². The average molecular weight is 332 g/mol. The van der Waals surface area contributed by atoms with Gasteiger partial charge in [0, 0.05) is 5.69 Å². The van der Waals surface area contributed by atoms with Crippen LogP contribution >= 0.6 is 0 Å². The molecule has 6 heteroatoms. The standard InChI is InChI=1S/C17H20N2O3S/c1-12-8-7-9-13(2)16(12)18-17(20)14(3)19-23(21,22)15-10-5-4-6-11-15/h4-11,14,19H,1-3H3,(H,18,20). The molecule has 2 rings (SSSR count). The number of para-hydroxylation sites is 1. The fourth-order valence-electron chi connectivity index (χ4n) is 2.20. The Bertz CT molecular complexity index is 782. The summed E-state index contributed by atoms with van der Waals surface area (Å²) in [6.07, 6.45) is 0. The van der Waals surface area contributed by atoms with Crippen molar-refractivity contribution in [1.82, 2.24) is 4.72 Å². The molecule has 0 aliphatic rings. The van der Waals surface area contributed by atoms with Crippen LogP contribution in [0.5, 0.6) is 0 Å². The van der Waals surface area contributed by atoms with E-state index in [4.69, 9.17) is 0 Å². The predicted molar refractivity (Wildman–Crippen MR) is 90.8 cm³/mol. The van der Waals surface area contributed by atoms with Gasteiger partial charge in [-0.3, -0.25) is 4.79 Å². The second kappa shape index (κ2) is 6.93. The van der Waals surface area contributed by atoms with Crippen LogP contribution in [0.4, 0.5) is 5.69 Å². The lowest BCUT2D eigenvalue weighted by atomic mass is 10.1. The van der Waals surface area contributed by atoms with E-state index in [-0.39, 0.29) is 4.90 Å². The molecule has 0 saturated carbocycles. The highest BCUT2D eigenvalue weighted by Gasteiger charge is 2.22. The molecule has 2 aromatic carbocycles. The van der Waals surface area contributed by atoms with Gasteiger partial charge in [0.25, 0.3) is 0 Å². The van der Waals surface area contributed by atoms with Crippen LogP contribution < -0.4 is 10.0 Å². The Morgan fingerprint density at radius 2 is 1.52 bits per heavy atom. The molecule has 0 saturated heterocycles. The number of hydrogen-bond acceptors (Lipinski definition) is 3. The Hall–Kier alpha value is -2.18. The summed E-state index contributed by atoms with van der Waals surface area (Å²) >= 11 is 0. The molecule has 1 amide bonds. The van der Waals surface area contributed by atoms with E-state index in [0.29, 0.717) is 5.69 Å². The van der Waals surface area contributed by atoms with Crippen molar-refractivity contribution >= 4 is 21.6 Å². The quantitative estimate of drug-likeness (QED) is 0.884. The smallest absolute Gasteiger partial charge is 0.242 e. The highest BCUT2D eigenvalue weighted by atomic mass is 32.2. The van der Waals surface area contributed by atoms with E-state index >= 15 is 0 Å². The fourth-order valence-corrected chi connectivity index (χ4v) is 3.42. The van der Waals surface area contributed by atoms with Gasteiger partial charge in [-0.15, -0.1) is 0 Å². The van der Waals surface area contributed by atoms with Crippen LogP contribution in [-0.2, 0) is 14.8 Å². The molecular formula is C17H20N2O3S. The Balaban J connectivity index is 2.12. The van der Waals surface area contributed by atoms with Crippen molar-refractivity contribution in [1.29, 1.82) is 0 Å². The summed E-state index contributed by atoms with van der Waals surface area (Å²) in [5.41, 5.74) is 2.57.